The van der Waals surface area contributed by atoms with Crippen molar-refractivity contribution in [2.75, 3.05) is 7.11 Å². The largest absolute Gasteiger partial charge is 0.495 e. The van der Waals surface area contributed by atoms with Crippen molar-refractivity contribution in [3.8, 4) is 5.75 Å². The number of carbonyl (C=O) groups excluding carboxylic acids is 2. The number of rotatable bonds is 6. The van der Waals surface area contributed by atoms with Gasteiger partial charge in [0.1, 0.15) is 11.8 Å². The monoisotopic (exact) mass is 368 g/mol. The van der Waals surface area contributed by atoms with E-state index in [1.165, 1.54) is 7.11 Å². The van der Waals surface area contributed by atoms with E-state index in [4.69, 9.17) is 22.1 Å². The van der Waals surface area contributed by atoms with Gasteiger partial charge in [0.25, 0.3) is 5.91 Å². The highest BCUT2D eigenvalue weighted by Gasteiger charge is 2.20. The molecule has 0 spiro atoms. The zero-order chi connectivity index (χ0) is 18.6. The topological polar surface area (TPSA) is 81.4 Å². The minimum atomic E-state index is -1.16. The molecule has 25 heavy (non-hydrogen) atoms. The second kappa shape index (κ2) is 7.94. The normalized spacial score (nSPS) is 11.7. The Hall–Kier alpha value is -2.67. The first-order valence-corrected chi connectivity index (χ1v) is 7.57. The SMILES string of the molecule is COc1ccc(C[C@@H](NC(=O)c2ccc(F)c(F)c2)C(N)=O)cc1Cl. The maximum Gasteiger partial charge on any atom is 0.252 e. The van der Waals surface area contributed by atoms with Gasteiger partial charge in [-0.2, -0.15) is 0 Å². The van der Waals surface area contributed by atoms with Gasteiger partial charge < -0.3 is 15.8 Å². The van der Waals surface area contributed by atoms with Crippen LogP contribution in [0.2, 0.25) is 5.02 Å². The molecule has 0 radical (unpaired) electrons. The van der Waals surface area contributed by atoms with Crippen molar-refractivity contribution in [1.82, 2.24) is 5.32 Å². The summed E-state index contributed by atoms with van der Waals surface area (Å²) in [5, 5.41) is 2.74. The third-order valence-corrected chi connectivity index (χ3v) is 3.78. The van der Waals surface area contributed by atoms with Crippen molar-refractivity contribution in [1.29, 1.82) is 0 Å². The number of amides is 2. The van der Waals surface area contributed by atoms with Crippen LogP contribution in [-0.4, -0.2) is 25.0 Å². The molecule has 2 rings (SSSR count). The molecule has 0 bridgehead atoms. The summed E-state index contributed by atoms with van der Waals surface area (Å²) >= 11 is 6.02. The third kappa shape index (κ3) is 4.67. The molecule has 2 aromatic carbocycles. The summed E-state index contributed by atoms with van der Waals surface area (Å²) in [4.78, 5) is 23.7. The Morgan fingerprint density at radius 3 is 2.48 bits per heavy atom. The van der Waals surface area contributed by atoms with E-state index in [9.17, 15) is 18.4 Å². The number of hydrogen-bond donors (Lipinski definition) is 2. The van der Waals surface area contributed by atoms with E-state index in [1.54, 1.807) is 18.2 Å². The van der Waals surface area contributed by atoms with E-state index in [0.717, 1.165) is 18.2 Å². The molecule has 0 aliphatic rings. The number of primary amides is 1. The third-order valence-electron chi connectivity index (χ3n) is 3.49. The van der Waals surface area contributed by atoms with Gasteiger partial charge in [0.05, 0.1) is 12.1 Å². The molecule has 0 unspecified atom stereocenters. The molecule has 8 heteroatoms. The Labute approximate surface area is 147 Å². The van der Waals surface area contributed by atoms with Crippen LogP contribution in [0.3, 0.4) is 0 Å². The number of nitrogens with two attached hydrogens (primary N) is 1. The van der Waals surface area contributed by atoms with Gasteiger partial charge in [0, 0.05) is 12.0 Å². The van der Waals surface area contributed by atoms with Gasteiger partial charge in [-0.15, -0.1) is 0 Å². The van der Waals surface area contributed by atoms with Crippen molar-refractivity contribution < 1.29 is 23.1 Å². The summed E-state index contributed by atoms with van der Waals surface area (Å²) in [6.07, 6.45) is 0.0778. The molecule has 0 aliphatic heterocycles. The molecule has 0 aliphatic carbocycles. The Bertz CT molecular complexity index is 814. The van der Waals surface area contributed by atoms with E-state index in [2.05, 4.69) is 5.32 Å². The number of methoxy groups -OCH3 is 1. The van der Waals surface area contributed by atoms with Crippen LogP contribution in [0.25, 0.3) is 0 Å². The van der Waals surface area contributed by atoms with Crippen molar-refractivity contribution >= 4 is 23.4 Å². The number of hydrogen-bond acceptors (Lipinski definition) is 3. The van der Waals surface area contributed by atoms with Crippen molar-refractivity contribution in [2.24, 2.45) is 5.73 Å². The van der Waals surface area contributed by atoms with Crippen LogP contribution in [0.4, 0.5) is 8.78 Å². The Morgan fingerprint density at radius 2 is 1.92 bits per heavy atom. The second-order valence-electron chi connectivity index (χ2n) is 5.23. The van der Waals surface area contributed by atoms with Gasteiger partial charge in [-0.3, -0.25) is 9.59 Å². The molecule has 0 saturated heterocycles. The molecule has 0 aromatic heterocycles. The summed E-state index contributed by atoms with van der Waals surface area (Å²) in [5.41, 5.74) is 5.83. The van der Waals surface area contributed by atoms with Crippen LogP contribution >= 0.6 is 11.6 Å². The molecule has 132 valence electrons. The smallest absolute Gasteiger partial charge is 0.252 e. The van der Waals surface area contributed by atoms with E-state index < -0.39 is 29.5 Å². The first-order valence-electron chi connectivity index (χ1n) is 7.19. The van der Waals surface area contributed by atoms with Crippen LogP contribution in [0.15, 0.2) is 36.4 Å². The van der Waals surface area contributed by atoms with Gasteiger partial charge >= 0.3 is 0 Å². The van der Waals surface area contributed by atoms with Gasteiger partial charge in [-0.1, -0.05) is 17.7 Å². The van der Waals surface area contributed by atoms with E-state index >= 15 is 0 Å². The van der Waals surface area contributed by atoms with E-state index in [1.807, 2.05) is 0 Å². The van der Waals surface area contributed by atoms with Crippen LogP contribution in [-0.2, 0) is 11.2 Å². The van der Waals surface area contributed by atoms with Crippen LogP contribution < -0.4 is 15.8 Å². The van der Waals surface area contributed by atoms with Crippen LogP contribution in [0, 0.1) is 11.6 Å². The quantitative estimate of drug-likeness (QED) is 0.821. The predicted octanol–water partition coefficient (Wildman–Crippen LogP) is 2.45. The summed E-state index contributed by atoms with van der Waals surface area (Å²) in [6, 6.07) is 6.50. The molecule has 0 fully saturated rings. The molecule has 2 aromatic rings. The first kappa shape index (κ1) is 18.7. The van der Waals surface area contributed by atoms with E-state index in [-0.39, 0.29) is 12.0 Å². The first-order chi connectivity index (χ1) is 11.8. The molecule has 0 saturated carbocycles. The second-order valence-corrected chi connectivity index (χ2v) is 5.64. The van der Waals surface area contributed by atoms with E-state index in [0.29, 0.717) is 16.3 Å². The van der Waals surface area contributed by atoms with Gasteiger partial charge in [0.2, 0.25) is 5.91 Å². The lowest BCUT2D eigenvalue weighted by molar-refractivity contribution is -0.119. The predicted molar refractivity (Wildman–Crippen MR) is 88.5 cm³/mol. The Morgan fingerprint density at radius 1 is 1.20 bits per heavy atom. The van der Waals surface area contributed by atoms with Gasteiger partial charge in [-0.05, 0) is 35.9 Å². The highest BCUT2D eigenvalue weighted by atomic mass is 35.5. The number of benzene rings is 2. The van der Waals surface area contributed by atoms with Crippen molar-refractivity contribution in [2.45, 2.75) is 12.5 Å². The lowest BCUT2D eigenvalue weighted by atomic mass is 10.0. The Balaban J connectivity index is 2.15. The average molecular weight is 369 g/mol. The fraction of sp³-hybridized carbons (Fsp3) is 0.176. The minimum absolute atomic E-state index is 0.0778. The van der Waals surface area contributed by atoms with Crippen LogP contribution in [0.5, 0.6) is 5.75 Å². The van der Waals surface area contributed by atoms with Crippen LogP contribution in [0.1, 0.15) is 15.9 Å². The maximum absolute atomic E-state index is 13.2. The number of ether oxygens (including phenoxy) is 1. The molecule has 2 amide bonds. The number of halogens is 3. The number of carbonyl (C=O) groups is 2. The molecular formula is C17H15ClF2N2O3. The molecular weight excluding hydrogens is 354 g/mol. The molecule has 1 atom stereocenters. The summed E-state index contributed by atoms with van der Waals surface area (Å²) in [7, 11) is 1.47. The molecule has 0 heterocycles. The lowest BCUT2D eigenvalue weighted by Gasteiger charge is -2.16. The van der Waals surface area contributed by atoms with Gasteiger partial charge in [0.15, 0.2) is 11.6 Å². The zero-order valence-corrected chi connectivity index (χ0v) is 13.9. The highest BCUT2D eigenvalue weighted by molar-refractivity contribution is 6.32. The average Bonchev–Trinajstić information content (AvgIpc) is 2.56. The zero-order valence-electron chi connectivity index (χ0n) is 13.2. The maximum atomic E-state index is 13.2. The molecule has 3 N–H and O–H groups in total. The molecule has 5 nitrogen and oxygen atoms in total. The van der Waals surface area contributed by atoms with Crippen molar-refractivity contribution in [3.05, 3.63) is 64.2 Å². The minimum Gasteiger partial charge on any atom is -0.495 e. The highest BCUT2D eigenvalue weighted by Crippen LogP contribution is 2.25. The summed E-state index contributed by atoms with van der Waals surface area (Å²) < 4.78 is 31.2. The lowest BCUT2D eigenvalue weighted by Crippen LogP contribution is -2.45. The fourth-order valence-electron chi connectivity index (χ4n) is 2.17. The van der Waals surface area contributed by atoms with Crippen molar-refractivity contribution in [3.63, 3.8) is 0 Å². The fourth-order valence-corrected chi connectivity index (χ4v) is 2.45. The van der Waals surface area contributed by atoms with Gasteiger partial charge in [-0.25, -0.2) is 8.78 Å². The summed E-state index contributed by atoms with van der Waals surface area (Å²) in [5.74, 6) is -3.29. The summed E-state index contributed by atoms with van der Waals surface area (Å²) in [6.45, 7) is 0. The Kier molecular flexibility index (Phi) is 5.93. The standard InChI is InChI=1S/C17H15ClF2N2O3/c1-25-15-5-2-9(6-11(15)18)7-14(16(21)23)22-17(24)10-3-4-12(19)13(20)8-10/h2-6,8,14H,7H2,1H3,(H2,21,23)(H,22,24)/t14-/m1/s1. The number of nitrogens with one attached hydrogen (secondary N) is 1.